The van der Waals surface area contributed by atoms with E-state index in [9.17, 15) is 9.90 Å². The van der Waals surface area contributed by atoms with Crippen LogP contribution in [0.5, 0.6) is 5.75 Å². The molecule has 0 spiro atoms. The largest absolute Gasteiger partial charge is 0.492 e. The monoisotopic (exact) mass is 292 g/mol. The summed E-state index contributed by atoms with van der Waals surface area (Å²) in [6.07, 6.45) is 0.419. The van der Waals surface area contributed by atoms with E-state index in [4.69, 9.17) is 4.74 Å². The molecular weight excluding hydrogens is 268 g/mol. The molecule has 2 unspecified atom stereocenters. The number of β-amino-alcohol motifs (C(OH)–C–C–N with tert-alkyl or cyclic N) is 1. The zero-order valence-corrected chi connectivity index (χ0v) is 12.7. The first-order chi connectivity index (χ1) is 10.1. The van der Waals surface area contributed by atoms with Gasteiger partial charge in [-0.05, 0) is 31.4 Å². The number of ether oxygens (including phenoxy) is 1. The van der Waals surface area contributed by atoms with E-state index in [-0.39, 0.29) is 11.9 Å². The molecule has 2 rings (SSSR count). The third kappa shape index (κ3) is 4.63. The highest BCUT2D eigenvalue weighted by Crippen LogP contribution is 2.16. The van der Waals surface area contributed by atoms with Crippen molar-refractivity contribution in [1.29, 1.82) is 0 Å². The number of amides is 2. The fourth-order valence-corrected chi connectivity index (χ4v) is 2.31. The summed E-state index contributed by atoms with van der Waals surface area (Å²) in [5, 5.41) is 12.6. The average molecular weight is 292 g/mol. The van der Waals surface area contributed by atoms with Crippen LogP contribution >= 0.6 is 0 Å². The van der Waals surface area contributed by atoms with E-state index in [1.165, 1.54) is 5.56 Å². The molecule has 1 saturated heterocycles. The maximum absolute atomic E-state index is 12.0. The van der Waals surface area contributed by atoms with Gasteiger partial charge in [-0.1, -0.05) is 24.6 Å². The van der Waals surface area contributed by atoms with Gasteiger partial charge in [0.1, 0.15) is 12.4 Å². The molecule has 2 amide bonds. The van der Waals surface area contributed by atoms with E-state index >= 15 is 0 Å². The van der Waals surface area contributed by atoms with Crippen LogP contribution in [-0.2, 0) is 0 Å². The Kier molecular flexibility index (Phi) is 5.44. The molecule has 0 radical (unpaired) electrons. The van der Waals surface area contributed by atoms with Gasteiger partial charge in [0.25, 0.3) is 0 Å². The fourth-order valence-electron chi connectivity index (χ4n) is 2.31. The lowest BCUT2D eigenvalue weighted by Gasteiger charge is -2.34. The van der Waals surface area contributed by atoms with E-state index < -0.39 is 6.10 Å². The van der Waals surface area contributed by atoms with Crippen molar-refractivity contribution in [3.05, 3.63) is 29.8 Å². The Morgan fingerprint density at radius 2 is 2.14 bits per heavy atom. The van der Waals surface area contributed by atoms with E-state index in [1.807, 2.05) is 38.1 Å². The summed E-state index contributed by atoms with van der Waals surface area (Å²) in [6.45, 7) is 6.03. The van der Waals surface area contributed by atoms with Crippen molar-refractivity contribution in [3.8, 4) is 5.75 Å². The number of carbonyl (C=O) groups is 1. The van der Waals surface area contributed by atoms with Crippen LogP contribution in [0.3, 0.4) is 0 Å². The number of likely N-dealkylation sites (tertiary alicyclic amines) is 1. The molecule has 0 bridgehead atoms. The van der Waals surface area contributed by atoms with Gasteiger partial charge in [-0.2, -0.15) is 0 Å². The molecule has 5 heteroatoms. The second-order valence-electron chi connectivity index (χ2n) is 5.67. The quantitative estimate of drug-likeness (QED) is 0.832. The van der Waals surface area contributed by atoms with Gasteiger partial charge >= 0.3 is 6.03 Å². The maximum atomic E-state index is 12.0. The summed E-state index contributed by atoms with van der Waals surface area (Å²) >= 11 is 0. The van der Waals surface area contributed by atoms with Crippen LogP contribution in [0.1, 0.15) is 18.9 Å². The standard InChI is InChI=1S/C16H24N2O3/c1-12-3-5-14(6-4-12)21-10-8-17-16(20)18-9-7-13(2)15(19)11-18/h3-6,13,15,19H,7-11H2,1-2H3,(H,17,20). The van der Waals surface area contributed by atoms with Gasteiger partial charge in [0.05, 0.1) is 12.6 Å². The zero-order chi connectivity index (χ0) is 15.2. The molecule has 21 heavy (non-hydrogen) atoms. The van der Waals surface area contributed by atoms with Crippen LogP contribution in [0, 0.1) is 12.8 Å². The van der Waals surface area contributed by atoms with E-state index in [2.05, 4.69) is 5.32 Å². The van der Waals surface area contributed by atoms with Gasteiger partial charge in [-0.25, -0.2) is 4.79 Å². The number of benzene rings is 1. The number of carbonyl (C=O) groups excluding carboxylic acids is 1. The van der Waals surface area contributed by atoms with Crippen molar-refractivity contribution in [3.63, 3.8) is 0 Å². The van der Waals surface area contributed by atoms with E-state index in [0.29, 0.717) is 26.2 Å². The molecule has 1 heterocycles. The molecule has 2 N–H and O–H groups in total. The molecule has 1 aromatic rings. The summed E-state index contributed by atoms with van der Waals surface area (Å²) in [7, 11) is 0. The minimum atomic E-state index is -0.423. The predicted molar refractivity (Wildman–Crippen MR) is 81.4 cm³/mol. The number of aliphatic hydroxyl groups excluding tert-OH is 1. The molecule has 1 aliphatic rings. The van der Waals surface area contributed by atoms with E-state index in [1.54, 1.807) is 4.90 Å². The maximum Gasteiger partial charge on any atom is 0.317 e. The smallest absolute Gasteiger partial charge is 0.317 e. The first-order valence-electron chi connectivity index (χ1n) is 7.46. The molecule has 1 aromatic carbocycles. The number of urea groups is 1. The van der Waals surface area contributed by atoms with Crippen LogP contribution in [0.25, 0.3) is 0 Å². The lowest BCUT2D eigenvalue weighted by molar-refractivity contribution is 0.0434. The highest BCUT2D eigenvalue weighted by molar-refractivity contribution is 5.74. The number of hydrogen-bond donors (Lipinski definition) is 2. The Bertz CT molecular complexity index is 461. The Morgan fingerprint density at radius 3 is 2.81 bits per heavy atom. The first-order valence-corrected chi connectivity index (χ1v) is 7.46. The minimum absolute atomic E-state index is 0.131. The number of aryl methyl sites for hydroxylation is 1. The molecule has 2 atom stereocenters. The summed E-state index contributed by atoms with van der Waals surface area (Å²) in [4.78, 5) is 13.6. The van der Waals surface area contributed by atoms with Crippen molar-refractivity contribution in [2.45, 2.75) is 26.4 Å². The third-order valence-electron chi connectivity index (χ3n) is 3.87. The first kappa shape index (κ1) is 15.6. The number of rotatable bonds is 4. The van der Waals surface area contributed by atoms with Gasteiger partial charge < -0.3 is 20.1 Å². The van der Waals surface area contributed by atoms with E-state index in [0.717, 1.165) is 12.2 Å². The average Bonchev–Trinajstić information content (AvgIpc) is 2.48. The molecule has 0 saturated carbocycles. The Labute approximate surface area is 125 Å². The number of aliphatic hydroxyl groups is 1. The lowest BCUT2D eigenvalue weighted by Crippen LogP contribution is -2.50. The van der Waals surface area contributed by atoms with Crippen LogP contribution in [0.15, 0.2) is 24.3 Å². The van der Waals surface area contributed by atoms with Crippen molar-refractivity contribution in [2.75, 3.05) is 26.2 Å². The molecular formula is C16H24N2O3. The third-order valence-corrected chi connectivity index (χ3v) is 3.87. The van der Waals surface area contributed by atoms with Crippen LogP contribution < -0.4 is 10.1 Å². The highest BCUT2D eigenvalue weighted by atomic mass is 16.5. The van der Waals surface area contributed by atoms with Crippen molar-refractivity contribution in [1.82, 2.24) is 10.2 Å². The van der Waals surface area contributed by atoms with Gasteiger partial charge in [0, 0.05) is 13.1 Å². The Balaban J connectivity index is 1.66. The van der Waals surface area contributed by atoms with Gasteiger partial charge in [0.2, 0.25) is 0 Å². The summed E-state index contributed by atoms with van der Waals surface area (Å²) in [5.41, 5.74) is 1.19. The van der Waals surface area contributed by atoms with Gasteiger partial charge in [0.15, 0.2) is 0 Å². The number of hydrogen-bond acceptors (Lipinski definition) is 3. The van der Waals surface area contributed by atoms with Crippen LogP contribution in [0.2, 0.25) is 0 Å². The normalized spacial score (nSPS) is 22.0. The minimum Gasteiger partial charge on any atom is -0.492 e. The fraction of sp³-hybridized carbons (Fsp3) is 0.562. The Morgan fingerprint density at radius 1 is 1.43 bits per heavy atom. The second kappa shape index (κ2) is 7.31. The van der Waals surface area contributed by atoms with Crippen LogP contribution in [0.4, 0.5) is 4.79 Å². The lowest BCUT2D eigenvalue weighted by atomic mass is 9.96. The molecule has 116 valence electrons. The highest BCUT2D eigenvalue weighted by Gasteiger charge is 2.26. The zero-order valence-electron chi connectivity index (χ0n) is 12.7. The second-order valence-corrected chi connectivity index (χ2v) is 5.67. The molecule has 5 nitrogen and oxygen atoms in total. The summed E-state index contributed by atoms with van der Waals surface area (Å²) in [5.74, 6) is 1.07. The van der Waals surface area contributed by atoms with Crippen LogP contribution in [-0.4, -0.2) is 48.4 Å². The SMILES string of the molecule is Cc1ccc(OCCNC(=O)N2CCC(C)C(O)C2)cc1. The topological polar surface area (TPSA) is 61.8 Å². The van der Waals surface area contributed by atoms with Gasteiger partial charge in [-0.3, -0.25) is 0 Å². The van der Waals surface area contributed by atoms with Gasteiger partial charge in [-0.15, -0.1) is 0 Å². The number of nitrogens with one attached hydrogen (secondary N) is 1. The number of piperidine rings is 1. The molecule has 0 aromatic heterocycles. The Hall–Kier alpha value is -1.75. The summed E-state index contributed by atoms with van der Waals surface area (Å²) < 4.78 is 5.55. The van der Waals surface area contributed by atoms with Crippen molar-refractivity contribution < 1.29 is 14.6 Å². The molecule has 1 aliphatic heterocycles. The molecule has 0 aliphatic carbocycles. The number of nitrogens with zero attached hydrogens (tertiary/aromatic N) is 1. The summed E-state index contributed by atoms with van der Waals surface area (Å²) in [6, 6.07) is 7.68. The van der Waals surface area contributed by atoms with Crippen molar-refractivity contribution in [2.24, 2.45) is 5.92 Å². The van der Waals surface area contributed by atoms with Crippen molar-refractivity contribution >= 4 is 6.03 Å². The predicted octanol–water partition coefficient (Wildman–Crippen LogP) is 1.79. The molecule has 1 fully saturated rings.